The van der Waals surface area contributed by atoms with E-state index in [1.807, 2.05) is 18.2 Å². The van der Waals surface area contributed by atoms with Gasteiger partial charge >= 0.3 is 0 Å². The zero-order chi connectivity index (χ0) is 11.5. The Hall–Kier alpha value is -1.42. The molecule has 4 nitrogen and oxygen atoms in total. The zero-order valence-corrected chi connectivity index (χ0v) is 10.0. The Morgan fingerprint density at radius 1 is 1.31 bits per heavy atom. The summed E-state index contributed by atoms with van der Waals surface area (Å²) in [4.78, 5) is 0. The standard InChI is InChI=1S/C11H13ClN4/c1-8(2)9-5-3-4-6-10(9)16-11(7-12)13-14-15-16/h3-6,8H,7H2,1-2H3. The number of benzene rings is 1. The minimum atomic E-state index is 0.305. The molecule has 0 N–H and O–H groups in total. The van der Waals surface area contributed by atoms with E-state index in [9.17, 15) is 0 Å². The third-order valence-electron chi connectivity index (χ3n) is 2.44. The molecule has 0 saturated carbocycles. The van der Waals surface area contributed by atoms with Crippen LogP contribution in [0.15, 0.2) is 24.3 Å². The molecule has 1 aromatic carbocycles. The lowest BCUT2D eigenvalue weighted by Crippen LogP contribution is -2.06. The van der Waals surface area contributed by atoms with Crippen molar-refractivity contribution in [2.75, 3.05) is 0 Å². The normalized spacial score (nSPS) is 11.0. The van der Waals surface area contributed by atoms with Gasteiger partial charge in [-0.2, -0.15) is 4.68 Å². The summed E-state index contributed by atoms with van der Waals surface area (Å²) in [6.45, 7) is 4.28. The van der Waals surface area contributed by atoms with E-state index in [2.05, 4.69) is 35.4 Å². The molecular weight excluding hydrogens is 224 g/mol. The molecule has 2 aromatic rings. The average molecular weight is 237 g/mol. The van der Waals surface area contributed by atoms with Crippen LogP contribution in [-0.4, -0.2) is 20.2 Å². The van der Waals surface area contributed by atoms with E-state index in [1.54, 1.807) is 4.68 Å². The molecule has 0 bridgehead atoms. The quantitative estimate of drug-likeness (QED) is 0.770. The minimum absolute atomic E-state index is 0.305. The molecule has 0 radical (unpaired) electrons. The van der Waals surface area contributed by atoms with Gasteiger partial charge in [-0.15, -0.1) is 16.7 Å². The number of tetrazole rings is 1. The summed E-state index contributed by atoms with van der Waals surface area (Å²) in [6, 6.07) is 8.08. The Morgan fingerprint density at radius 3 is 2.75 bits per heavy atom. The van der Waals surface area contributed by atoms with Crippen LogP contribution < -0.4 is 0 Å². The number of hydrogen-bond acceptors (Lipinski definition) is 3. The summed E-state index contributed by atoms with van der Waals surface area (Å²) in [5, 5.41) is 11.5. The van der Waals surface area contributed by atoms with Crippen molar-refractivity contribution < 1.29 is 0 Å². The molecule has 5 heteroatoms. The fourth-order valence-electron chi connectivity index (χ4n) is 1.64. The highest BCUT2D eigenvalue weighted by Gasteiger charge is 2.12. The Bertz CT molecular complexity index is 478. The van der Waals surface area contributed by atoms with Gasteiger partial charge in [-0.3, -0.25) is 0 Å². The third-order valence-corrected chi connectivity index (χ3v) is 2.68. The van der Waals surface area contributed by atoms with Gasteiger partial charge < -0.3 is 0 Å². The first kappa shape index (κ1) is 11.1. The summed E-state index contributed by atoms with van der Waals surface area (Å²) < 4.78 is 1.70. The molecule has 0 aliphatic heterocycles. The summed E-state index contributed by atoms with van der Waals surface area (Å²) >= 11 is 5.79. The Labute approximate surface area is 99.2 Å². The van der Waals surface area contributed by atoms with Crippen molar-refractivity contribution in [2.45, 2.75) is 25.6 Å². The molecule has 2 rings (SSSR count). The molecule has 0 unspecified atom stereocenters. The smallest absolute Gasteiger partial charge is 0.171 e. The van der Waals surface area contributed by atoms with Gasteiger partial charge in [0.1, 0.15) is 0 Å². The molecule has 0 saturated heterocycles. The maximum absolute atomic E-state index is 5.79. The molecule has 0 amide bonds. The lowest BCUT2D eigenvalue weighted by Gasteiger charge is -2.12. The third kappa shape index (κ3) is 1.93. The first-order valence-electron chi connectivity index (χ1n) is 5.16. The number of nitrogens with zero attached hydrogens (tertiary/aromatic N) is 4. The highest BCUT2D eigenvalue weighted by Crippen LogP contribution is 2.22. The molecular formula is C11H13ClN4. The zero-order valence-electron chi connectivity index (χ0n) is 9.26. The number of aromatic nitrogens is 4. The van der Waals surface area contributed by atoms with Crippen molar-refractivity contribution in [3.05, 3.63) is 35.7 Å². The van der Waals surface area contributed by atoms with Crippen LogP contribution in [0.2, 0.25) is 0 Å². The van der Waals surface area contributed by atoms with Crippen LogP contribution in [-0.2, 0) is 5.88 Å². The van der Waals surface area contributed by atoms with Gasteiger partial charge in [-0.1, -0.05) is 32.0 Å². The van der Waals surface area contributed by atoms with Crippen molar-refractivity contribution in [1.29, 1.82) is 0 Å². The fraction of sp³-hybridized carbons (Fsp3) is 0.364. The molecule has 0 atom stereocenters. The lowest BCUT2D eigenvalue weighted by atomic mass is 10.0. The predicted octanol–water partition coefficient (Wildman–Crippen LogP) is 2.52. The number of alkyl halides is 1. The Morgan fingerprint density at radius 2 is 2.06 bits per heavy atom. The van der Waals surface area contributed by atoms with Crippen LogP contribution in [0.25, 0.3) is 5.69 Å². The minimum Gasteiger partial charge on any atom is -0.196 e. The highest BCUT2D eigenvalue weighted by atomic mass is 35.5. The molecule has 0 fully saturated rings. The maximum Gasteiger partial charge on any atom is 0.171 e. The van der Waals surface area contributed by atoms with Gasteiger partial charge in [-0.05, 0) is 28.0 Å². The molecule has 16 heavy (non-hydrogen) atoms. The summed E-state index contributed by atoms with van der Waals surface area (Å²) in [5.74, 6) is 1.39. The Balaban J connectivity index is 2.55. The van der Waals surface area contributed by atoms with Crippen LogP contribution in [0.1, 0.15) is 31.2 Å². The van der Waals surface area contributed by atoms with E-state index in [4.69, 9.17) is 11.6 Å². The number of rotatable bonds is 3. The van der Waals surface area contributed by atoms with Gasteiger partial charge in [0, 0.05) is 0 Å². The van der Waals surface area contributed by atoms with E-state index in [-0.39, 0.29) is 0 Å². The van der Waals surface area contributed by atoms with Gasteiger partial charge in [0.25, 0.3) is 0 Å². The molecule has 0 aliphatic rings. The van der Waals surface area contributed by atoms with Crippen molar-refractivity contribution in [3.8, 4) is 5.69 Å². The molecule has 0 spiro atoms. The summed E-state index contributed by atoms with van der Waals surface area (Å²) in [6.07, 6.45) is 0. The van der Waals surface area contributed by atoms with E-state index in [0.717, 1.165) is 5.69 Å². The second-order valence-electron chi connectivity index (χ2n) is 3.85. The summed E-state index contributed by atoms with van der Waals surface area (Å²) in [5.41, 5.74) is 2.21. The second kappa shape index (κ2) is 4.61. The Kier molecular flexibility index (Phi) is 3.19. The van der Waals surface area contributed by atoms with Gasteiger partial charge in [0.05, 0.1) is 11.6 Å². The average Bonchev–Trinajstić information content (AvgIpc) is 2.76. The lowest BCUT2D eigenvalue weighted by molar-refractivity contribution is 0.751. The van der Waals surface area contributed by atoms with Crippen LogP contribution in [0.4, 0.5) is 0 Å². The number of para-hydroxylation sites is 1. The second-order valence-corrected chi connectivity index (χ2v) is 4.12. The topological polar surface area (TPSA) is 43.6 Å². The summed E-state index contributed by atoms with van der Waals surface area (Å²) in [7, 11) is 0. The largest absolute Gasteiger partial charge is 0.196 e. The van der Waals surface area contributed by atoms with E-state index in [0.29, 0.717) is 17.6 Å². The van der Waals surface area contributed by atoms with Crippen molar-refractivity contribution >= 4 is 11.6 Å². The van der Waals surface area contributed by atoms with Crippen molar-refractivity contribution in [2.24, 2.45) is 0 Å². The highest BCUT2D eigenvalue weighted by molar-refractivity contribution is 6.16. The van der Waals surface area contributed by atoms with Gasteiger partial charge in [0.2, 0.25) is 0 Å². The van der Waals surface area contributed by atoms with Gasteiger partial charge in [-0.25, -0.2) is 0 Å². The molecule has 1 heterocycles. The molecule has 0 aliphatic carbocycles. The van der Waals surface area contributed by atoms with Crippen LogP contribution in [0.3, 0.4) is 0 Å². The van der Waals surface area contributed by atoms with Gasteiger partial charge in [0.15, 0.2) is 5.82 Å². The van der Waals surface area contributed by atoms with E-state index in [1.165, 1.54) is 5.56 Å². The predicted molar refractivity (Wildman–Crippen MR) is 62.8 cm³/mol. The number of halogens is 1. The van der Waals surface area contributed by atoms with E-state index >= 15 is 0 Å². The first-order chi connectivity index (χ1) is 7.74. The molecule has 84 valence electrons. The van der Waals surface area contributed by atoms with E-state index < -0.39 is 0 Å². The maximum atomic E-state index is 5.79. The fourth-order valence-corrected chi connectivity index (χ4v) is 1.81. The number of hydrogen-bond donors (Lipinski definition) is 0. The van der Waals surface area contributed by atoms with Crippen LogP contribution in [0.5, 0.6) is 0 Å². The SMILES string of the molecule is CC(C)c1ccccc1-n1nnnc1CCl. The van der Waals surface area contributed by atoms with Crippen molar-refractivity contribution in [3.63, 3.8) is 0 Å². The van der Waals surface area contributed by atoms with Crippen LogP contribution >= 0.6 is 11.6 Å². The van der Waals surface area contributed by atoms with Crippen molar-refractivity contribution in [1.82, 2.24) is 20.2 Å². The van der Waals surface area contributed by atoms with Crippen LogP contribution in [0, 0.1) is 0 Å². The monoisotopic (exact) mass is 236 g/mol. The first-order valence-corrected chi connectivity index (χ1v) is 5.70. The molecule has 1 aromatic heterocycles.